The van der Waals surface area contributed by atoms with Gasteiger partial charge in [-0.2, -0.15) is 0 Å². The Labute approximate surface area is 200 Å². The summed E-state index contributed by atoms with van der Waals surface area (Å²) >= 11 is 0. The van der Waals surface area contributed by atoms with E-state index in [1.165, 1.54) is 18.4 Å². The molecule has 0 bridgehead atoms. The molecule has 0 radical (unpaired) electrons. The maximum absolute atomic E-state index is 13.2. The number of hydrogen-bond donors (Lipinski definition) is 1. The van der Waals surface area contributed by atoms with Crippen LogP contribution in [0.15, 0.2) is 48.0 Å². The van der Waals surface area contributed by atoms with E-state index in [1.54, 1.807) is 30.3 Å². The fraction of sp³-hybridized carbons (Fsp3) is 0.370. The zero-order chi connectivity index (χ0) is 24.6. The van der Waals surface area contributed by atoms with Crippen LogP contribution in [0.3, 0.4) is 0 Å². The zero-order valence-corrected chi connectivity index (χ0v) is 20.3. The van der Waals surface area contributed by atoms with Crippen molar-refractivity contribution >= 4 is 35.3 Å². The summed E-state index contributed by atoms with van der Waals surface area (Å²) < 4.78 is 5.14. The molecule has 0 spiro atoms. The van der Waals surface area contributed by atoms with E-state index in [9.17, 15) is 14.4 Å². The number of nitrogens with one attached hydrogen (secondary N) is 1. The summed E-state index contributed by atoms with van der Waals surface area (Å²) in [7, 11) is 1.54. The highest BCUT2D eigenvalue weighted by Crippen LogP contribution is 2.43. The van der Waals surface area contributed by atoms with Gasteiger partial charge in [0.05, 0.1) is 12.8 Å². The minimum absolute atomic E-state index is 0.0564. The van der Waals surface area contributed by atoms with Crippen molar-refractivity contribution in [1.29, 1.82) is 0 Å². The van der Waals surface area contributed by atoms with Crippen molar-refractivity contribution in [2.24, 2.45) is 0 Å². The van der Waals surface area contributed by atoms with Gasteiger partial charge in [-0.3, -0.25) is 14.9 Å². The summed E-state index contributed by atoms with van der Waals surface area (Å²) in [5.74, 6) is -0.411. The average molecular weight is 462 g/mol. The van der Waals surface area contributed by atoms with Crippen LogP contribution in [0.4, 0.5) is 16.2 Å². The number of carbonyl (C=O) groups excluding carboxylic acids is 3. The number of nitrogens with zero attached hydrogens (tertiary/aromatic N) is 2. The molecule has 1 saturated heterocycles. The second kappa shape index (κ2) is 8.97. The van der Waals surface area contributed by atoms with Crippen molar-refractivity contribution in [3.8, 4) is 5.75 Å². The fourth-order valence-corrected chi connectivity index (χ4v) is 5.04. The van der Waals surface area contributed by atoms with Crippen molar-refractivity contribution in [2.75, 3.05) is 23.5 Å². The molecule has 0 aliphatic carbocycles. The zero-order valence-electron chi connectivity index (χ0n) is 20.3. The number of rotatable bonds is 5. The van der Waals surface area contributed by atoms with Gasteiger partial charge in [-0.25, -0.2) is 9.69 Å². The molecule has 34 heavy (non-hydrogen) atoms. The topological polar surface area (TPSA) is 79.0 Å². The summed E-state index contributed by atoms with van der Waals surface area (Å²) in [6, 6.07) is 11.8. The highest BCUT2D eigenvalue weighted by Gasteiger charge is 2.38. The highest BCUT2D eigenvalue weighted by molar-refractivity contribution is 6.39. The van der Waals surface area contributed by atoms with Gasteiger partial charge in [0.15, 0.2) is 0 Å². The predicted octanol–water partition coefficient (Wildman–Crippen LogP) is 4.86. The van der Waals surface area contributed by atoms with Gasteiger partial charge >= 0.3 is 6.03 Å². The monoisotopic (exact) mass is 461 g/mol. The lowest BCUT2D eigenvalue weighted by Gasteiger charge is -2.47. The van der Waals surface area contributed by atoms with Crippen molar-refractivity contribution < 1.29 is 19.1 Å². The third kappa shape index (κ3) is 4.18. The predicted molar refractivity (Wildman–Crippen MR) is 133 cm³/mol. The van der Waals surface area contributed by atoms with Crippen LogP contribution in [0.5, 0.6) is 5.75 Å². The quantitative estimate of drug-likeness (QED) is 0.508. The Hall–Kier alpha value is -3.61. The van der Waals surface area contributed by atoms with E-state index in [0.717, 1.165) is 29.8 Å². The first-order chi connectivity index (χ1) is 16.2. The Kier molecular flexibility index (Phi) is 6.21. The molecule has 2 aliphatic rings. The van der Waals surface area contributed by atoms with Gasteiger partial charge in [0, 0.05) is 17.8 Å². The Bertz CT molecular complexity index is 1170. The number of anilines is 2. The van der Waals surface area contributed by atoms with E-state index in [-0.39, 0.29) is 11.1 Å². The van der Waals surface area contributed by atoms with Crippen molar-refractivity contribution in [3.05, 3.63) is 59.2 Å². The molecule has 4 amide bonds. The standard InChI is InChI=1S/C27H31N3O4/c1-6-13-29-23-12-7-18(14-21(23)17(2)16-27(29,3)4)15-22-24(31)28-26(33)30(25(22)32)19-8-10-20(34-5)11-9-19/h7-12,14-15,17H,6,13,16H2,1-5H3,(H,28,31,33)/b22-15-. The van der Waals surface area contributed by atoms with E-state index < -0.39 is 17.8 Å². The van der Waals surface area contributed by atoms with Crippen molar-refractivity contribution in [2.45, 2.75) is 52.0 Å². The van der Waals surface area contributed by atoms with E-state index >= 15 is 0 Å². The smallest absolute Gasteiger partial charge is 0.335 e. The van der Waals surface area contributed by atoms with E-state index in [0.29, 0.717) is 17.4 Å². The Morgan fingerprint density at radius 3 is 2.47 bits per heavy atom. The molecule has 1 N–H and O–H groups in total. The molecule has 2 aromatic carbocycles. The fourth-order valence-electron chi connectivity index (χ4n) is 5.04. The van der Waals surface area contributed by atoms with Gasteiger partial charge in [0.2, 0.25) is 0 Å². The molecule has 2 heterocycles. The van der Waals surface area contributed by atoms with Gasteiger partial charge in [-0.1, -0.05) is 19.9 Å². The summed E-state index contributed by atoms with van der Waals surface area (Å²) in [5.41, 5.74) is 3.49. The van der Waals surface area contributed by atoms with Crippen LogP contribution in [-0.2, 0) is 9.59 Å². The van der Waals surface area contributed by atoms with Crippen LogP contribution in [-0.4, -0.2) is 37.0 Å². The molecule has 1 unspecified atom stereocenters. The van der Waals surface area contributed by atoms with Crippen molar-refractivity contribution in [1.82, 2.24) is 5.32 Å². The SMILES string of the molecule is CCCN1c2ccc(/C=C3/C(=O)NC(=O)N(c4ccc(OC)cc4)C3=O)cc2C(C)CC1(C)C. The lowest BCUT2D eigenvalue weighted by atomic mass is 9.79. The number of ether oxygens (including phenoxy) is 1. The first kappa shape index (κ1) is 23.5. The molecule has 0 saturated carbocycles. The van der Waals surface area contributed by atoms with E-state index in [4.69, 9.17) is 4.74 Å². The molecule has 7 nitrogen and oxygen atoms in total. The first-order valence-electron chi connectivity index (χ1n) is 11.6. The van der Waals surface area contributed by atoms with Gasteiger partial charge < -0.3 is 9.64 Å². The summed E-state index contributed by atoms with van der Waals surface area (Å²) in [4.78, 5) is 41.7. The minimum atomic E-state index is -0.770. The maximum atomic E-state index is 13.2. The molecule has 4 rings (SSSR count). The first-order valence-corrected chi connectivity index (χ1v) is 11.6. The largest absolute Gasteiger partial charge is 0.497 e. The molecule has 0 aromatic heterocycles. The van der Waals surface area contributed by atoms with Crippen LogP contribution in [0.2, 0.25) is 0 Å². The molecular weight excluding hydrogens is 430 g/mol. The number of hydrogen-bond acceptors (Lipinski definition) is 5. The number of barbiturate groups is 1. The lowest BCUT2D eigenvalue weighted by Crippen LogP contribution is -2.54. The number of urea groups is 1. The number of benzene rings is 2. The minimum Gasteiger partial charge on any atom is -0.497 e. The molecule has 1 atom stereocenters. The molecule has 2 aromatic rings. The van der Waals surface area contributed by atoms with Crippen LogP contribution in [0.1, 0.15) is 57.6 Å². The molecule has 178 valence electrons. The molecule has 7 heteroatoms. The van der Waals surface area contributed by atoms with E-state index in [2.05, 4.69) is 50.0 Å². The lowest BCUT2D eigenvalue weighted by molar-refractivity contribution is -0.122. The number of imide groups is 2. The highest BCUT2D eigenvalue weighted by atomic mass is 16.5. The van der Waals surface area contributed by atoms with Gasteiger partial charge in [0.1, 0.15) is 11.3 Å². The van der Waals surface area contributed by atoms with Crippen LogP contribution < -0.4 is 19.9 Å². The molecule has 2 aliphatic heterocycles. The van der Waals surface area contributed by atoms with Crippen LogP contribution >= 0.6 is 0 Å². The Morgan fingerprint density at radius 2 is 1.82 bits per heavy atom. The number of fused-ring (bicyclic) bond motifs is 1. The number of amides is 4. The Balaban J connectivity index is 1.70. The summed E-state index contributed by atoms with van der Waals surface area (Å²) in [6.07, 6.45) is 3.63. The number of carbonyl (C=O) groups is 3. The number of methoxy groups -OCH3 is 1. The molecular formula is C27H31N3O4. The van der Waals surface area contributed by atoms with Gasteiger partial charge in [-0.05, 0) is 86.2 Å². The van der Waals surface area contributed by atoms with Crippen LogP contribution in [0, 0.1) is 0 Å². The second-order valence-corrected chi connectivity index (χ2v) is 9.54. The maximum Gasteiger partial charge on any atom is 0.335 e. The van der Waals surface area contributed by atoms with Gasteiger partial charge in [-0.15, -0.1) is 0 Å². The van der Waals surface area contributed by atoms with Gasteiger partial charge in [0.25, 0.3) is 11.8 Å². The average Bonchev–Trinajstić information content (AvgIpc) is 2.79. The van der Waals surface area contributed by atoms with Crippen molar-refractivity contribution in [3.63, 3.8) is 0 Å². The normalized spacial score (nSPS) is 20.9. The summed E-state index contributed by atoms with van der Waals surface area (Å²) in [6.45, 7) is 9.90. The second-order valence-electron chi connectivity index (χ2n) is 9.54. The Morgan fingerprint density at radius 1 is 1.12 bits per heavy atom. The van der Waals surface area contributed by atoms with E-state index in [1.807, 2.05) is 6.07 Å². The summed E-state index contributed by atoms with van der Waals surface area (Å²) in [5, 5.41) is 2.28. The third-order valence-corrected chi connectivity index (χ3v) is 6.60. The van der Waals surface area contributed by atoms with Crippen LogP contribution in [0.25, 0.3) is 6.08 Å². The third-order valence-electron chi connectivity index (χ3n) is 6.60. The molecule has 1 fully saturated rings.